The minimum absolute atomic E-state index is 0.519. The summed E-state index contributed by atoms with van der Waals surface area (Å²) in [5.74, 6) is 3.57. The first-order valence-electron chi connectivity index (χ1n) is 7.89. The molecular formula is C17H24N2. The predicted molar refractivity (Wildman–Crippen MR) is 76.6 cm³/mol. The zero-order chi connectivity index (χ0) is 12.9. The van der Waals surface area contributed by atoms with E-state index in [1.165, 1.54) is 44.1 Å². The molecule has 102 valence electrons. The zero-order valence-electron chi connectivity index (χ0n) is 11.6. The van der Waals surface area contributed by atoms with Crippen molar-refractivity contribution in [2.45, 2.75) is 44.4 Å². The Kier molecular flexibility index (Phi) is 2.70. The van der Waals surface area contributed by atoms with Crippen LogP contribution in [0.3, 0.4) is 0 Å². The summed E-state index contributed by atoms with van der Waals surface area (Å²) in [5, 5.41) is 0. The van der Waals surface area contributed by atoms with Gasteiger partial charge >= 0.3 is 0 Å². The van der Waals surface area contributed by atoms with Crippen LogP contribution in [0.1, 0.15) is 50.0 Å². The second kappa shape index (κ2) is 4.31. The second-order valence-corrected chi connectivity index (χ2v) is 7.35. The molecule has 4 aliphatic rings. The van der Waals surface area contributed by atoms with Gasteiger partial charge in [0.1, 0.15) is 0 Å². The van der Waals surface area contributed by atoms with Crippen molar-refractivity contribution in [3.63, 3.8) is 0 Å². The lowest BCUT2D eigenvalue weighted by atomic mass is 9.46. The first-order chi connectivity index (χ1) is 9.29. The quantitative estimate of drug-likeness (QED) is 0.901. The smallest absolute Gasteiger partial charge is 0.0270 e. The maximum Gasteiger partial charge on any atom is 0.0270 e. The largest absolute Gasteiger partial charge is 0.330 e. The summed E-state index contributed by atoms with van der Waals surface area (Å²) in [7, 11) is 0. The van der Waals surface area contributed by atoms with Crippen molar-refractivity contribution in [2.75, 3.05) is 6.54 Å². The Morgan fingerprint density at radius 1 is 1.05 bits per heavy atom. The van der Waals surface area contributed by atoms with Gasteiger partial charge in [-0.1, -0.05) is 0 Å². The molecule has 0 spiro atoms. The van der Waals surface area contributed by atoms with Crippen LogP contribution in [0.4, 0.5) is 0 Å². The molecule has 19 heavy (non-hydrogen) atoms. The lowest BCUT2D eigenvalue weighted by molar-refractivity contribution is -0.0671. The lowest BCUT2D eigenvalue weighted by Crippen LogP contribution is -2.50. The molecule has 1 atom stereocenters. The monoisotopic (exact) mass is 256 g/mol. The number of aromatic nitrogens is 1. The minimum atomic E-state index is 0.519. The molecule has 4 bridgehead atoms. The normalized spacial score (nSPS) is 41.4. The van der Waals surface area contributed by atoms with Crippen LogP contribution in [0.25, 0.3) is 0 Å². The summed E-state index contributed by atoms with van der Waals surface area (Å²) in [6.45, 7) is 0.802. The highest BCUT2D eigenvalue weighted by molar-refractivity contribution is 5.22. The summed E-state index contributed by atoms with van der Waals surface area (Å²) in [5.41, 5.74) is 8.15. The molecule has 0 aromatic carbocycles. The molecule has 0 aliphatic heterocycles. The van der Waals surface area contributed by atoms with Gasteiger partial charge < -0.3 is 5.73 Å². The van der Waals surface area contributed by atoms with Crippen molar-refractivity contribution in [2.24, 2.45) is 28.9 Å². The van der Waals surface area contributed by atoms with Gasteiger partial charge in [-0.05, 0) is 85.9 Å². The van der Waals surface area contributed by atoms with E-state index in [4.69, 9.17) is 5.73 Å². The molecule has 4 fully saturated rings. The average Bonchev–Trinajstić information content (AvgIpc) is 2.38. The average molecular weight is 256 g/mol. The number of hydrogen-bond donors (Lipinski definition) is 1. The van der Waals surface area contributed by atoms with Crippen LogP contribution in [-0.2, 0) is 0 Å². The molecule has 0 radical (unpaired) electrons. The SMILES string of the molecule is NCC(c1ccncc1)C12CC3CC(CC(C3)C1)C2. The predicted octanol–water partition coefficient (Wildman–Crippen LogP) is 3.34. The van der Waals surface area contributed by atoms with Crippen molar-refractivity contribution in [3.05, 3.63) is 30.1 Å². The highest BCUT2D eigenvalue weighted by Crippen LogP contribution is 2.64. The molecule has 5 rings (SSSR count). The van der Waals surface area contributed by atoms with Gasteiger partial charge in [0.05, 0.1) is 0 Å². The number of nitrogens with two attached hydrogens (primary N) is 1. The van der Waals surface area contributed by atoms with Crippen molar-refractivity contribution in [1.82, 2.24) is 4.98 Å². The van der Waals surface area contributed by atoms with E-state index >= 15 is 0 Å². The first-order valence-corrected chi connectivity index (χ1v) is 7.89. The molecule has 4 aliphatic carbocycles. The van der Waals surface area contributed by atoms with E-state index in [2.05, 4.69) is 17.1 Å². The molecule has 2 heteroatoms. The van der Waals surface area contributed by atoms with Crippen LogP contribution in [0.5, 0.6) is 0 Å². The van der Waals surface area contributed by atoms with E-state index in [-0.39, 0.29) is 0 Å². The van der Waals surface area contributed by atoms with E-state index in [1.54, 1.807) is 0 Å². The summed E-state index contributed by atoms with van der Waals surface area (Å²) in [4.78, 5) is 4.17. The molecule has 0 saturated heterocycles. The van der Waals surface area contributed by atoms with Crippen molar-refractivity contribution < 1.29 is 0 Å². The third kappa shape index (κ3) is 1.84. The molecule has 1 heterocycles. The third-order valence-electron chi connectivity index (χ3n) is 6.17. The van der Waals surface area contributed by atoms with Gasteiger partial charge in [0, 0.05) is 18.3 Å². The van der Waals surface area contributed by atoms with E-state index in [1.807, 2.05) is 12.4 Å². The Labute approximate surface area is 115 Å². The lowest BCUT2D eigenvalue weighted by Gasteiger charge is -2.59. The van der Waals surface area contributed by atoms with Crippen molar-refractivity contribution >= 4 is 0 Å². The Morgan fingerprint density at radius 2 is 1.58 bits per heavy atom. The van der Waals surface area contributed by atoms with Crippen LogP contribution in [0.15, 0.2) is 24.5 Å². The highest BCUT2D eigenvalue weighted by atomic mass is 14.7. The molecule has 0 amide bonds. The van der Waals surface area contributed by atoms with E-state index in [0.29, 0.717) is 11.3 Å². The Hall–Kier alpha value is -0.890. The Bertz CT molecular complexity index is 418. The molecule has 1 aromatic heterocycles. The number of nitrogens with zero attached hydrogens (tertiary/aromatic N) is 1. The van der Waals surface area contributed by atoms with Gasteiger partial charge in [-0.25, -0.2) is 0 Å². The summed E-state index contributed by atoms with van der Waals surface area (Å²) in [6.07, 6.45) is 12.7. The van der Waals surface area contributed by atoms with E-state index in [0.717, 1.165) is 24.3 Å². The molecule has 2 N–H and O–H groups in total. The van der Waals surface area contributed by atoms with Gasteiger partial charge in [-0.3, -0.25) is 4.98 Å². The van der Waals surface area contributed by atoms with E-state index in [9.17, 15) is 0 Å². The van der Waals surface area contributed by atoms with Crippen LogP contribution in [0, 0.1) is 23.2 Å². The fourth-order valence-electron chi connectivity index (χ4n) is 5.94. The van der Waals surface area contributed by atoms with E-state index < -0.39 is 0 Å². The third-order valence-corrected chi connectivity index (χ3v) is 6.17. The van der Waals surface area contributed by atoms with Crippen LogP contribution in [-0.4, -0.2) is 11.5 Å². The van der Waals surface area contributed by atoms with Gasteiger partial charge in [0.15, 0.2) is 0 Å². The fourth-order valence-corrected chi connectivity index (χ4v) is 5.94. The van der Waals surface area contributed by atoms with Crippen molar-refractivity contribution in [1.29, 1.82) is 0 Å². The molecule has 1 unspecified atom stereocenters. The summed E-state index contributed by atoms with van der Waals surface area (Å²) >= 11 is 0. The summed E-state index contributed by atoms with van der Waals surface area (Å²) in [6, 6.07) is 4.38. The van der Waals surface area contributed by atoms with Gasteiger partial charge in [-0.15, -0.1) is 0 Å². The number of hydrogen-bond acceptors (Lipinski definition) is 2. The van der Waals surface area contributed by atoms with Crippen LogP contribution in [0.2, 0.25) is 0 Å². The maximum absolute atomic E-state index is 6.21. The van der Waals surface area contributed by atoms with Crippen molar-refractivity contribution in [3.8, 4) is 0 Å². The van der Waals surface area contributed by atoms with Gasteiger partial charge in [-0.2, -0.15) is 0 Å². The zero-order valence-corrected chi connectivity index (χ0v) is 11.6. The highest BCUT2D eigenvalue weighted by Gasteiger charge is 2.53. The maximum atomic E-state index is 6.21. The van der Waals surface area contributed by atoms with Gasteiger partial charge in [0.2, 0.25) is 0 Å². The standard InChI is InChI=1S/C17H24N2/c18-11-16(15-1-3-19-4-2-15)17-8-12-5-13(9-17)7-14(6-12)10-17/h1-4,12-14,16H,5-11,18H2. The molecule has 4 saturated carbocycles. The van der Waals surface area contributed by atoms with Crippen LogP contribution >= 0.6 is 0 Å². The number of pyridine rings is 1. The Morgan fingerprint density at radius 3 is 2.05 bits per heavy atom. The topological polar surface area (TPSA) is 38.9 Å². The fraction of sp³-hybridized carbons (Fsp3) is 0.706. The molecule has 1 aromatic rings. The summed E-state index contributed by atoms with van der Waals surface area (Å²) < 4.78 is 0. The molecule has 2 nitrogen and oxygen atoms in total. The second-order valence-electron chi connectivity index (χ2n) is 7.35. The number of rotatable bonds is 3. The first kappa shape index (κ1) is 11.9. The van der Waals surface area contributed by atoms with Gasteiger partial charge in [0.25, 0.3) is 0 Å². The van der Waals surface area contributed by atoms with Crippen LogP contribution < -0.4 is 5.73 Å². The Balaban J connectivity index is 1.70. The molecular weight excluding hydrogens is 232 g/mol. The minimum Gasteiger partial charge on any atom is -0.330 e.